The molecular weight excluding hydrogens is 398 g/mol. The van der Waals surface area contributed by atoms with Crippen LogP contribution in [-0.2, 0) is 4.79 Å². The molecule has 2 N–H and O–H groups in total. The van der Waals surface area contributed by atoms with Gasteiger partial charge in [0.25, 0.3) is 11.6 Å². The summed E-state index contributed by atoms with van der Waals surface area (Å²) in [4.78, 5) is 41.6. The van der Waals surface area contributed by atoms with E-state index >= 15 is 0 Å². The minimum atomic E-state index is -0.774. The number of halogens is 1. The number of amides is 2. The van der Waals surface area contributed by atoms with E-state index < -0.39 is 16.9 Å². The Morgan fingerprint density at radius 2 is 2.14 bits per heavy atom. The van der Waals surface area contributed by atoms with Crippen molar-refractivity contribution in [3.05, 3.63) is 70.0 Å². The first-order chi connectivity index (χ1) is 13.5. The molecule has 0 spiro atoms. The topological polar surface area (TPSA) is 117 Å². The second-order valence-electron chi connectivity index (χ2n) is 6.54. The third-order valence-electron chi connectivity index (χ3n) is 4.63. The molecule has 0 saturated carbocycles. The van der Waals surface area contributed by atoms with Crippen LogP contribution in [0.15, 0.2) is 48.8 Å². The Morgan fingerprint density at radius 1 is 1.34 bits per heavy atom. The van der Waals surface area contributed by atoms with Crippen molar-refractivity contribution in [1.29, 1.82) is 0 Å². The number of hydrogen-bond donors (Lipinski definition) is 2. The molecule has 1 fully saturated rings. The summed E-state index contributed by atoms with van der Waals surface area (Å²) in [6, 6.07) is 8.20. The standard InChI is InChI=1S/C19H21N5O4.ClH/c1-13(22-18(25)14-4-2-6-16(10-14)24(27)28)19(26)23-9-8-21-12-17(23)15-5-3-7-20-11-15;/h2-7,10-11,13,17,21H,8-9,12H2,1H3,(H,22,25);1H. The van der Waals surface area contributed by atoms with Gasteiger partial charge >= 0.3 is 0 Å². The number of carbonyl (C=O) groups excluding carboxylic acids is 2. The van der Waals surface area contributed by atoms with Gasteiger partial charge in [-0.25, -0.2) is 0 Å². The van der Waals surface area contributed by atoms with Crippen LogP contribution in [0.25, 0.3) is 0 Å². The third-order valence-corrected chi connectivity index (χ3v) is 4.63. The Kier molecular flexibility index (Phi) is 7.63. The van der Waals surface area contributed by atoms with E-state index in [1.54, 1.807) is 24.2 Å². The molecular formula is C19H22ClN5O4. The molecule has 0 radical (unpaired) electrons. The molecule has 2 amide bonds. The average Bonchev–Trinajstić information content (AvgIpc) is 2.73. The molecule has 1 aromatic carbocycles. The van der Waals surface area contributed by atoms with E-state index in [4.69, 9.17) is 0 Å². The Labute approximate surface area is 174 Å². The number of pyridine rings is 1. The van der Waals surface area contributed by atoms with Crippen molar-refractivity contribution in [3.63, 3.8) is 0 Å². The van der Waals surface area contributed by atoms with Crippen LogP contribution in [-0.4, -0.2) is 52.3 Å². The number of nitro groups is 1. The molecule has 1 aliphatic heterocycles. The van der Waals surface area contributed by atoms with Gasteiger partial charge in [-0.15, -0.1) is 12.4 Å². The van der Waals surface area contributed by atoms with E-state index in [9.17, 15) is 19.7 Å². The number of nitrogens with one attached hydrogen (secondary N) is 2. The van der Waals surface area contributed by atoms with Crippen molar-refractivity contribution in [3.8, 4) is 0 Å². The smallest absolute Gasteiger partial charge is 0.270 e. The van der Waals surface area contributed by atoms with Crippen molar-refractivity contribution < 1.29 is 14.5 Å². The number of carbonyl (C=O) groups is 2. The van der Waals surface area contributed by atoms with Crippen molar-refractivity contribution in [2.45, 2.75) is 19.0 Å². The highest BCUT2D eigenvalue weighted by atomic mass is 35.5. The second-order valence-corrected chi connectivity index (χ2v) is 6.54. The fourth-order valence-corrected chi connectivity index (χ4v) is 3.19. The van der Waals surface area contributed by atoms with Crippen molar-refractivity contribution in [2.75, 3.05) is 19.6 Å². The molecule has 0 bridgehead atoms. The number of piperazine rings is 1. The van der Waals surface area contributed by atoms with Crippen molar-refractivity contribution in [1.82, 2.24) is 20.5 Å². The van der Waals surface area contributed by atoms with E-state index in [1.165, 1.54) is 24.3 Å². The lowest BCUT2D eigenvalue weighted by Crippen LogP contribution is -2.54. The normalized spacial score (nSPS) is 17.0. The molecule has 2 atom stereocenters. The number of nitro benzene ring substituents is 1. The predicted octanol–water partition coefficient (Wildman–Crippen LogP) is 1.70. The van der Waals surface area contributed by atoms with E-state index in [0.29, 0.717) is 19.6 Å². The van der Waals surface area contributed by atoms with Crippen LogP contribution in [0.3, 0.4) is 0 Å². The van der Waals surface area contributed by atoms with Gasteiger partial charge in [-0.2, -0.15) is 0 Å². The highest BCUT2D eigenvalue weighted by Gasteiger charge is 2.31. The Hall–Kier alpha value is -3.04. The van der Waals surface area contributed by atoms with Crippen LogP contribution in [0.5, 0.6) is 0 Å². The summed E-state index contributed by atoms with van der Waals surface area (Å²) in [5, 5.41) is 16.8. The first-order valence-corrected chi connectivity index (χ1v) is 8.94. The Morgan fingerprint density at radius 3 is 2.83 bits per heavy atom. The van der Waals surface area contributed by atoms with E-state index in [2.05, 4.69) is 15.6 Å². The van der Waals surface area contributed by atoms with Crippen molar-refractivity contribution in [2.24, 2.45) is 0 Å². The average molecular weight is 420 g/mol. The number of non-ortho nitro benzene ring substituents is 1. The predicted molar refractivity (Wildman–Crippen MR) is 109 cm³/mol. The maximum atomic E-state index is 13.0. The lowest BCUT2D eigenvalue weighted by molar-refractivity contribution is -0.384. The lowest BCUT2D eigenvalue weighted by Gasteiger charge is -2.37. The quantitative estimate of drug-likeness (QED) is 0.562. The number of aromatic nitrogens is 1. The summed E-state index contributed by atoms with van der Waals surface area (Å²) in [5.41, 5.74) is 0.878. The monoisotopic (exact) mass is 419 g/mol. The zero-order valence-electron chi connectivity index (χ0n) is 15.8. The second kappa shape index (κ2) is 9.94. The lowest BCUT2D eigenvalue weighted by atomic mass is 10.0. The van der Waals surface area contributed by atoms with Crippen LogP contribution < -0.4 is 10.6 Å². The summed E-state index contributed by atoms with van der Waals surface area (Å²) in [6.07, 6.45) is 3.40. The van der Waals surface area contributed by atoms with E-state index in [0.717, 1.165) is 5.56 Å². The van der Waals surface area contributed by atoms with Crippen LogP contribution in [0, 0.1) is 10.1 Å². The third kappa shape index (κ3) is 5.27. The zero-order valence-corrected chi connectivity index (χ0v) is 16.6. The number of rotatable bonds is 5. The van der Waals surface area contributed by atoms with E-state index in [-0.39, 0.29) is 35.6 Å². The van der Waals surface area contributed by atoms with Gasteiger partial charge < -0.3 is 15.5 Å². The summed E-state index contributed by atoms with van der Waals surface area (Å²) >= 11 is 0. The van der Waals surface area contributed by atoms with Crippen LogP contribution in [0.1, 0.15) is 28.9 Å². The van der Waals surface area contributed by atoms with Gasteiger partial charge in [0.15, 0.2) is 0 Å². The molecule has 154 valence electrons. The first-order valence-electron chi connectivity index (χ1n) is 8.94. The molecule has 2 unspecified atom stereocenters. The van der Waals surface area contributed by atoms with Gasteiger partial charge in [0, 0.05) is 49.7 Å². The minimum Gasteiger partial charge on any atom is -0.341 e. The SMILES string of the molecule is CC(NC(=O)c1cccc([N+](=O)[O-])c1)C(=O)N1CCNCC1c1cccnc1.Cl. The maximum Gasteiger partial charge on any atom is 0.270 e. The van der Waals surface area contributed by atoms with Crippen LogP contribution in [0.2, 0.25) is 0 Å². The summed E-state index contributed by atoms with van der Waals surface area (Å²) in [7, 11) is 0. The molecule has 1 aliphatic rings. The number of hydrogen-bond acceptors (Lipinski definition) is 6. The summed E-state index contributed by atoms with van der Waals surface area (Å²) in [6.45, 7) is 3.38. The largest absolute Gasteiger partial charge is 0.341 e. The molecule has 1 saturated heterocycles. The van der Waals surface area contributed by atoms with Gasteiger partial charge in [0.05, 0.1) is 11.0 Å². The highest BCUT2D eigenvalue weighted by Crippen LogP contribution is 2.22. The Balaban J connectivity index is 0.00000300. The fourth-order valence-electron chi connectivity index (χ4n) is 3.19. The van der Waals surface area contributed by atoms with E-state index in [1.807, 2.05) is 12.1 Å². The summed E-state index contributed by atoms with van der Waals surface area (Å²) in [5.74, 6) is -0.744. The molecule has 2 heterocycles. The van der Waals surface area contributed by atoms with Crippen LogP contribution in [0.4, 0.5) is 5.69 Å². The molecule has 10 heteroatoms. The van der Waals surface area contributed by atoms with Gasteiger partial charge in [0.1, 0.15) is 6.04 Å². The molecule has 9 nitrogen and oxygen atoms in total. The van der Waals surface area contributed by atoms with Gasteiger partial charge in [0.2, 0.25) is 5.91 Å². The molecule has 2 aromatic rings. The summed E-state index contributed by atoms with van der Waals surface area (Å²) < 4.78 is 0. The van der Waals surface area contributed by atoms with Crippen molar-refractivity contribution >= 4 is 29.9 Å². The number of nitrogens with zero attached hydrogens (tertiary/aromatic N) is 3. The van der Waals surface area contributed by atoms with Crippen LogP contribution >= 0.6 is 12.4 Å². The number of benzene rings is 1. The zero-order chi connectivity index (χ0) is 20.1. The molecule has 3 rings (SSSR count). The fraction of sp³-hybridized carbons (Fsp3) is 0.316. The molecule has 0 aliphatic carbocycles. The molecule has 29 heavy (non-hydrogen) atoms. The minimum absolute atomic E-state index is 0. The van der Waals surface area contributed by atoms with Gasteiger partial charge in [-0.3, -0.25) is 24.7 Å². The maximum absolute atomic E-state index is 13.0. The Bertz CT molecular complexity index is 880. The first kappa shape index (κ1) is 22.3. The van der Waals surface area contributed by atoms with Gasteiger partial charge in [-0.05, 0) is 24.6 Å². The van der Waals surface area contributed by atoms with Gasteiger partial charge in [-0.1, -0.05) is 12.1 Å². The highest BCUT2D eigenvalue weighted by molar-refractivity contribution is 5.98. The molecule has 1 aromatic heterocycles.